The topological polar surface area (TPSA) is 137 Å². The number of carbonyl (C=O) groups excluding carboxylic acids is 1. The quantitative estimate of drug-likeness (QED) is 0.220. The first kappa shape index (κ1) is 32.6. The standard InChI is InChI=1S/C29H33FN8O.C2HF3O2/c1-18-5-4-6-19(2)24(18)34-25-23-16-32-28(35-26(23)37(3)36-25)33-22-8-7-20-9-14-38(17-21(20)15-22)27(39)29(30)10-12-31-13-11-29;3-2(4,5)1(6)7/h4-8,15-16,31H,9-14,17H2,1-3H3,(H,34,36)(H,32,33,35);(H,6,7). The number of amides is 1. The molecule has 0 radical (unpaired) electrons. The second kappa shape index (κ2) is 12.9. The van der Waals surface area contributed by atoms with Gasteiger partial charge in [0, 0.05) is 50.6 Å². The zero-order chi connectivity index (χ0) is 33.2. The molecule has 2 aromatic heterocycles. The molecule has 0 saturated carbocycles. The van der Waals surface area contributed by atoms with E-state index >= 15 is 4.39 Å². The number of aryl methyl sites for hydroxylation is 3. The van der Waals surface area contributed by atoms with Crippen molar-refractivity contribution in [3.8, 4) is 0 Å². The Balaban J connectivity index is 0.000000537. The fraction of sp³-hybridized carbons (Fsp3) is 0.387. The summed E-state index contributed by atoms with van der Waals surface area (Å²) in [7, 11) is 1.86. The predicted molar refractivity (Wildman–Crippen MR) is 164 cm³/mol. The van der Waals surface area contributed by atoms with Crippen LogP contribution in [-0.2, 0) is 29.6 Å². The van der Waals surface area contributed by atoms with Gasteiger partial charge in [0.15, 0.2) is 17.1 Å². The molecule has 1 fully saturated rings. The molecule has 4 heterocycles. The summed E-state index contributed by atoms with van der Waals surface area (Å²) in [6.45, 7) is 6.13. The Labute approximate surface area is 262 Å². The van der Waals surface area contributed by atoms with E-state index in [0.29, 0.717) is 50.0 Å². The number of halogens is 4. The highest BCUT2D eigenvalue weighted by Crippen LogP contribution is 2.32. The highest BCUT2D eigenvalue weighted by atomic mass is 19.4. The molecule has 4 aromatic rings. The molecule has 0 aliphatic carbocycles. The Bertz CT molecular complexity index is 1750. The van der Waals surface area contributed by atoms with Crippen LogP contribution in [-0.4, -0.2) is 73.1 Å². The van der Waals surface area contributed by atoms with E-state index in [4.69, 9.17) is 14.9 Å². The normalized spacial score (nSPS) is 15.8. The van der Waals surface area contributed by atoms with E-state index in [0.717, 1.165) is 33.5 Å². The van der Waals surface area contributed by atoms with E-state index in [-0.39, 0.29) is 18.7 Å². The van der Waals surface area contributed by atoms with Gasteiger partial charge in [-0.2, -0.15) is 23.3 Å². The monoisotopic (exact) mass is 642 g/mol. The van der Waals surface area contributed by atoms with Crippen LogP contribution in [0.1, 0.15) is 35.1 Å². The molecule has 2 aliphatic rings. The Morgan fingerprint density at radius 1 is 1.04 bits per heavy atom. The summed E-state index contributed by atoms with van der Waals surface area (Å²) < 4.78 is 48.8. The Kier molecular flexibility index (Phi) is 9.15. The molecule has 0 bridgehead atoms. The smallest absolute Gasteiger partial charge is 0.475 e. The van der Waals surface area contributed by atoms with Crippen LogP contribution in [0.4, 0.5) is 40.7 Å². The van der Waals surface area contributed by atoms with E-state index in [9.17, 15) is 18.0 Å². The number of fused-ring (bicyclic) bond motifs is 2. The van der Waals surface area contributed by atoms with E-state index in [1.165, 1.54) is 5.56 Å². The number of benzene rings is 2. The van der Waals surface area contributed by atoms with Crippen LogP contribution >= 0.6 is 0 Å². The Morgan fingerprint density at radius 2 is 1.72 bits per heavy atom. The lowest BCUT2D eigenvalue weighted by Gasteiger charge is -2.36. The summed E-state index contributed by atoms with van der Waals surface area (Å²) in [5, 5.41) is 22.5. The first-order valence-electron chi connectivity index (χ1n) is 14.7. The van der Waals surface area contributed by atoms with E-state index in [2.05, 4.69) is 58.1 Å². The number of rotatable bonds is 5. The highest BCUT2D eigenvalue weighted by Gasteiger charge is 2.43. The van der Waals surface area contributed by atoms with Crippen molar-refractivity contribution in [3.05, 3.63) is 64.8 Å². The Morgan fingerprint density at radius 3 is 2.37 bits per heavy atom. The lowest BCUT2D eigenvalue weighted by Crippen LogP contribution is -2.52. The number of carbonyl (C=O) groups is 2. The van der Waals surface area contributed by atoms with Crippen molar-refractivity contribution in [3.63, 3.8) is 0 Å². The van der Waals surface area contributed by atoms with Gasteiger partial charge in [0.1, 0.15) is 0 Å². The van der Waals surface area contributed by atoms with Crippen LogP contribution in [0.3, 0.4) is 0 Å². The molecule has 2 aromatic carbocycles. The van der Waals surface area contributed by atoms with Gasteiger partial charge < -0.3 is 26.0 Å². The van der Waals surface area contributed by atoms with Gasteiger partial charge in [-0.05, 0) is 67.7 Å². The number of hydrogen-bond acceptors (Lipinski definition) is 8. The molecule has 0 unspecified atom stereocenters. The lowest BCUT2D eigenvalue weighted by atomic mass is 9.91. The van der Waals surface area contributed by atoms with Crippen LogP contribution in [0.25, 0.3) is 11.0 Å². The number of anilines is 4. The summed E-state index contributed by atoms with van der Waals surface area (Å²) in [6.07, 6.45) is -2.14. The number of aliphatic carboxylic acids is 1. The highest BCUT2D eigenvalue weighted by molar-refractivity contribution is 5.90. The number of carboxylic acids is 1. The predicted octanol–water partition coefficient (Wildman–Crippen LogP) is 5.08. The van der Waals surface area contributed by atoms with Gasteiger partial charge in [-0.3, -0.25) is 4.79 Å². The van der Waals surface area contributed by atoms with Crippen molar-refractivity contribution in [2.45, 2.75) is 51.5 Å². The molecular weight excluding hydrogens is 608 g/mol. The number of aromatic nitrogens is 4. The maximum atomic E-state index is 15.3. The molecule has 244 valence electrons. The number of carboxylic acid groups (broad SMARTS) is 1. The zero-order valence-corrected chi connectivity index (χ0v) is 25.5. The number of alkyl halides is 4. The fourth-order valence-corrected chi connectivity index (χ4v) is 5.58. The van der Waals surface area contributed by atoms with Crippen molar-refractivity contribution >= 4 is 46.1 Å². The number of nitrogens with one attached hydrogen (secondary N) is 3. The molecule has 4 N–H and O–H groups in total. The van der Waals surface area contributed by atoms with Crippen molar-refractivity contribution in [2.75, 3.05) is 30.3 Å². The summed E-state index contributed by atoms with van der Waals surface area (Å²) in [6, 6.07) is 12.2. The van der Waals surface area contributed by atoms with Gasteiger partial charge in [-0.1, -0.05) is 24.3 Å². The molecule has 0 spiro atoms. The third-order valence-corrected chi connectivity index (χ3v) is 8.09. The van der Waals surface area contributed by atoms with Crippen molar-refractivity contribution in [1.29, 1.82) is 0 Å². The fourth-order valence-electron chi connectivity index (χ4n) is 5.58. The van der Waals surface area contributed by atoms with E-state index in [1.807, 2.05) is 25.2 Å². The van der Waals surface area contributed by atoms with Crippen LogP contribution in [0, 0.1) is 13.8 Å². The third-order valence-electron chi connectivity index (χ3n) is 8.09. The second-order valence-electron chi connectivity index (χ2n) is 11.4. The lowest BCUT2D eigenvalue weighted by molar-refractivity contribution is -0.192. The van der Waals surface area contributed by atoms with Crippen LogP contribution in [0.2, 0.25) is 0 Å². The first-order valence-corrected chi connectivity index (χ1v) is 14.7. The maximum absolute atomic E-state index is 15.3. The van der Waals surface area contributed by atoms with Gasteiger partial charge in [-0.25, -0.2) is 18.9 Å². The molecule has 11 nitrogen and oxygen atoms in total. The number of hydrogen-bond donors (Lipinski definition) is 4. The van der Waals surface area contributed by atoms with Gasteiger partial charge in [0.05, 0.1) is 5.39 Å². The minimum absolute atomic E-state index is 0.229. The number of para-hydroxylation sites is 1. The SMILES string of the molecule is Cc1cccc(C)c1Nc1nn(C)c2nc(Nc3ccc4c(c3)CN(C(=O)C3(F)CCNCC3)CC4)ncc12.O=C(O)C(F)(F)F. The van der Waals surface area contributed by atoms with Crippen LogP contribution in [0.15, 0.2) is 42.6 Å². The average molecular weight is 643 g/mol. The largest absolute Gasteiger partial charge is 0.490 e. The molecule has 2 aliphatic heterocycles. The van der Waals surface area contributed by atoms with Crippen molar-refractivity contribution in [2.24, 2.45) is 7.05 Å². The third kappa shape index (κ3) is 7.03. The summed E-state index contributed by atoms with van der Waals surface area (Å²) in [5.74, 6) is -1.99. The average Bonchev–Trinajstić information content (AvgIpc) is 3.32. The minimum Gasteiger partial charge on any atom is -0.475 e. The number of piperidine rings is 1. The number of nitrogens with zero attached hydrogens (tertiary/aromatic N) is 5. The van der Waals surface area contributed by atoms with Crippen LogP contribution < -0.4 is 16.0 Å². The van der Waals surface area contributed by atoms with Crippen molar-refractivity contribution < 1.29 is 32.3 Å². The van der Waals surface area contributed by atoms with Gasteiger partial charge in [0.2, 0.25) is 5.95 Å². The van der Waals surface area contributed by atoms with Crippen molar-refractivity contribution in [1.82, 2.24) is 30.0 Å². The van der Waals surface area contributed by atoms with Gasteiger partial charge in [0.25, 0.3) is 5.91 Å². The second-order valence-corrected chi connectivity index (χ2v) is 11.4. The molecule has 6 rings (SSSR count). The molecule has 0 atom stereocenters. The molecular formula is C31H34F4N8O3. The van der Waals surface area contributed by atoms with Crippen LogP contribution in [0.5, 0.6) is 0 Å². The van der Waals surface area contributed by atoms with E-state index in [1.54, 1.807) is 15.8 Å². The molecule has 1 amide bonds. The zero-order valence-electron chi connectivity index (χ0n) is 25.5. The summed E-state index contributed by atoms with van der Waals surface area (Å²) in [4.78, 5) is 32.9. The minimum atomic E-state index is -5.08. The molecule has 1 saturated heterocycles. The summed E-state index contributed by atoms with van der Waals surface area (Å²) >= 11 is 0. The Hall–Kier alpha value is -4.79. The molecule has 46 heavy (non-hydrogen) atoms. The maximum Gasteiger partial charge on any atom is 0.490 e. The summed E-state index contributed by atoms with van der Waals surface area (Å²) in [5.41, 5.74) is 5.24. The molecule has 15 heteroatoms. The first-order chi connectivity index (χ1) is 21.7. The van der Waals surface area contributed by atoms with Gasteiger partial charge >= 0.3 is 12.1 Å². The van der Waals surface area contributed by atoms with E-state index < -0.39 is 17.8 Å². The van der Waals surface area contributed by atoms with Gasteiger partial charge in [-0.15, -0.1) is 0 Å².